The van der Waals surface area contributed by atoms with Crippen molar-refractivity contribution in [3.8, 4) is 16.5 Å². The number of furan rings is 1. The van der Waals surface area contributed by atoms with Crippen LogP contribution in [0.15, 0.2) is 52.5 Å². The number of hydrogen-bond acceptors (Lipinski definition) is 5. The fourth-order valence-electron chi connectivity index (χ4n) is 2.35. The summed E-state index contributed by atoms with van der Waals surface area (Å²) in [7, 11) is 3.41. The molecule has 1 unspecified atom stereocenters. The molecule has 0 saturated heterocycles. The van der Waals surface area contributed by atoms with Crippen LogP contribution in [0, 0.1) is 0 Å². The van der Waals surface area contributed by atoms with Gasteiger partial charge >= 0.3 is 0 Å². The smallest absolute Gasteiger partial charge is 0.273 e. The minimum absolute atomic E-state index is 0.0721. The van der Waals surface area contributed by atoms with Crippen molar-refractivity contribution in [3.63, 3.8) is 0 Å². The summed E-state index contributed by atoms with van der Waals surface area (Å²) in [6, 6.07) is 11.3. The topological polar surface area (TPSA) is 55.6 Å². The molecule has 0 fully saturated rings. The number of carbonyl (C=O) groups is 1. The fraction of sp³-hybridized carbons (Fsp3) is 0.222. The lowest BCUT2D eigenvalue weighted by Crippen LogP contribution is -2.29. The second kappa shape index (κ2) is 6.88. The van der Waals surface area contributed by atoms with Crippen molar-refractivity contribution in [2.75, 3.05) is 14.2 Å². The van der Waals surface area contributed by atoms with E-state index >= 15 is 0 Å². The van der Waals surface area contributed by atoms with Crippen LogP contribution in [-0.4, -0.2) is 29.9 Å². The van der Waals surface area contributed by atoms with Gasteiger partial charge in [0.05, 0.1) is 19.4 Å². The Morgan fingerprint density at radius 1 is 1.29 bits per heavy atom. The summed E-state index contributed by atoms with van der Waals surface area (Å²) in [5, 5.41) is 2.46. The summed E-state index contributed by atoms with van der Waals surface area (Å²) in [6.45, 7) is 1.99. The van der Waals surface area contributed by atoms with E-state index < -0.39 is 0 Å². The SMILES string of the molecule is COc1ccc(C(C)N(C)C(=O)c2csc(-c3ccco3)n2)cc1. The van der Waals surface area contributed by atoms with Gasteiger partial charge < -0.3 is 14.1 Å². The molecule has 0 bridgehead atoms. The Kier molecular flexibility index (Phi) is 4.66. The fourth-order valence-corrected chi connectivity index (χ4v) is 3.11. The molecule has 3 aromatic rings. The largest absolute Gasteiger partial charge is 0.497 e. The van der Waals surface area contributed by atoms with E-state index in [1.54, 1.807) is 36.8 Å². The second-order valence-electron chi connectivity index (χ2n) is 5.38. The average Bonchev–Trinajstić information content (AvgIpc) is 3.31. The third-order valence-electron chi connectivity index (χ3n) is 3.95. The number of benzene rings is 1. The molecule has 1 aromatic carbocycles. The Morgan fingerprint density at radius 3 is 2.67 bits per heavy atom. The van der Waals surface area contributed by atoms with Gasteiger partial charge in [-0.25, -0.2) is 4.98 Å². The third-order valence-corrected chi connectivity index (χ3v) is 4.81. The monoisotopic (exact) mass is 342 g/mol. The molecule has 0 spiro atoms. The van der Waals surface area contributed by atoms with Gasteiger partial charge in [0.25, 0.3) is 5.91 Å². The highest BCUT2D eigenvalue weighted by Gasteiger charge is 2.22. The molecular weight excluding hydrogens is 324 g/mol. The number of thiazole rings is 1. The van der Waals surface area contributed by atoms with E-state index in [2.05, 4.69) is 4.98 Å². The summed E-state index contributed by atoms with van der Waals surface area (Å²) in [5.74, 6) is 1.35. The molecule has 0 saturated carbocycles. The highest BCUT2D eigenvalue weighted by molar-refractivity contribution is 7.13. The second-order valence-corrected chi connectivity index (χ2v) is 6.24. The van der Waals surface area contributed by atoms with E-state index in [1.807, 2.05) is 37.3 Å². The highest BCUT2D eigenvalue weighted by Crippen LogP contribution is 2.27. The Balaban J connectivity index is 1.76. The van der Waals surface area contributed by atoms with Gasteiger partial charge in [0.2, 0.25) is 0 Å². The molecule has 6 heteroatoms. The van der Waals surface area contributed by atoms with Gasteiger partial charge in [-0.3, -0.25) is 4.79 Å². The molecule has 0 aliphatic heterocycles. The van der Waals surface area contributed by atoms with Crippen molar-refractivity contribution in [2.24, 2.45) is 0 Å². The average molecular weight is 342 g/mol. The number of ether oxygens (including phenoxy) is 1. The Bertz CT molecular complexity index is 809. The standard InChI is InChI=1S/C18H18N2O3S/c1-12(13-6-8-14(22-3)9-7-13)20(2)18(21)15-11-24-17(19-15)16-5-4-10-23-16/h4-12H,1-3H3. The molecule has 124 valence electrons. The minimum atomic E-state index is -0.118. The van der Waals surface area contributed by atoms with Crippen LogP contribution in [0.4, 0.5) is 0 Å². The summed E-state index contributed by atoms with van der Waals surface area (Å²) in [6.07, 6.45) is 1.59. The molecule has 2 heterocycles. The van der Waals surface area contributed by atoms with E-state index in [0.29, 0.717) is 16.5 Å². The predicted molar refractivity (Wildman–Crippen MR) is 93.3 cm³/mol. The van der Waals surface area contributed by atoms with Crippen LogP contribution in [0.1, 0.15) is 29.0 Å². The van der Waals surface area contributed by atoms with Gasteiger partial charge in [-0.05, 0) is 36.8 Å². The summed E-state index contributed by atoms with van der Waals surface area (Å²) >= 11 is 1.40. The van der Waals surface area contributed by atoms with Crippen LogP contribution in [-0.2, 0) is 0 Å². The Hall–Kier alpha value is -2.60. The number of carbonyl (C=O) groups excluding carboxylic acids is 1. The molecule has 0 aliphatic rings. The normalized spacial score (nSPS) is 12.0. The van der Waals surface area contributed by atoms with E-state index in [0.717, 1.165) is 11.3 Å². The van der Waals surface area contributed by atoms with Crippen LogP contribution in [0.25, 0.3) is 10.8 Å². The number of amides is 1. The van der Waals surface area contributed by atoms with Gasteiger partial charge in [-0.2, -0.15) is 0 Å². The Labute approximate surface area is 144 Å². The Morgan fingerprint density at radius 2 is 2.04 bits per heavy atom. The lowest BCUT2D eigenvalue weighted by atomic mass is 10.1. The maximum atomic E-state index is 12.7. The highest BCUT2D eigenvalue weighted by atomic mass is 32.1. The number of rotatable bonds is 5. The first-order chi connectivity index (χ1) is 11.6. The van der Waals surface area contributed by atoms with Crippen molar-refractivity contribution in [2.45, 2.75) is 13.0 Å². The van der Waals surface area contributed by atoms with Crippen molar-refractivity contribution >= 4 is 17.2 Å². The van der Waals surface area contributed by atoms with Gasteiger partial charge in [0, 0.05) is 12.4 Å². The summed E-state index contributed by atoms with van der Waals surface area (Å²) in [5.41, 5.74) is 1.46. The van der Waals surface area contributed by atoms with Crippen LogP contribution in [0.5, 0.6) is 5.75 Å². The van der Waals surface area contributed by atoms with Gasteiger partial charge in [0.15, 0.2) is 10.8 Å². The molecule has 2 aromatic heterocycles. The summed E-state index contributed by atoms with van der Waals surface area (Å²) in [4.78, 5) is 18.8. The maximum Gasteiger partial charge on any atom is 0.273 e. The lowest BCUT2D eigenvalue weighted by molar-refractivity contribution is 0.0737. The first-order valence-electron chi connectivity index (χ1n) is 7.50. The van der Waals surface area contributed by atoms with Crippen molar-refractivity contribution in [1.82, 2.24) is 9.88 Å². The van der Waals surface area contributed by atoms with E-state index in [1.165, 1.54) is 11.3 Å². The maximum absolute atomic E-state index is 12.7. The molecule has 1 atom stereocenters. The predicted octanol–water partition coefficient (Wildman–Crippen LogP) is 4.24. The van der Waals surface area contributed by atoms with Crippen molar-refractivity contribution in [1.29, 1.82) is 0 Å². The van der Waals surface area contributed by atoms with E-state index in [4.69, 9.17) is 9.15 Å². The molecule has 0 N–H and O–H groups in total. The van der Waals surface area contributed by atoms with Gasteiger partial charge in [0.1, 0.15) is 11.4 Å². The zero-order chi connectivity index (χ0) is 17.1. The molecule has 3 rings (SSSR count). The van der Waals surface area contributed by atoms with Crippen LogP contribution >= 0.6 is 11.3 Å². The molecule has 0 aliphatic carbocycles. The molecular formula is C18H18N2O3S. The molecule has 5 nitrogen and oxygen atoms in total. The van der Waals surface area contributed by atoms with Crippen molar-refractivity contribution < 1.29 is 13.9 Å². The first kappa shape index (κ1) is 16.3. The van der Waals surface area contributed by atoms with E-state index in [9.17, 15) is 4.79 Å². The van der Waals surface area contributed by atoms with E-state index in [-0.39, 0.29) is 11.9 Å². The first-order valence-corrected chi connectivity index (χ1v) is 8.38. The zero-order valence-electron chi connectivity index (χ0n) is 13.7. The van der Waals surface area contributed by atoms with Gasteiger partial charge in [-0.1, -0.05) is 12.1 Å². The zero-order valence-corrected chi connectivity index (χ0v) is 14.5. The van der Waals surface area contributed by atoms with Crippen LogP contribution in [0.3, 0.4) is 0 Å². The number of nitrogens with zero attached hydrogens (tertiary/aromatic N) is 2. The number of methoxy groups -OCH3 is 1. The molecule has 0 radical (unpaired) electrons. The lowest BCUT2D eigenvalue weighted by Gasteiger charge is -2.24. The summed E-state index contributed by atoms with van der Waals surface area (Å²) < 4.78 is 10.5. The number of aromatic nitrogens is 1. The molecule has 24 heavy (non-hydrogen) atoms. The quantitative estimate of drug-likeness (QED) is 0.696. The molecule has 1 amide bonds. The van der Waals surface area contributed by atoms with Gasteiger partial charge in [-0.15, -0.1) is 11.3 Å². The van der Waals surface area contributed by atoms with Crippen molar-refractivity contribution in [3.05, 3.63) is 59.3 Å². The minimum Gasteiger partial charge on any atom is -0.497 e. The number of hydrogen-bond donors (Lipinski definition) is 0. The van der Waals surface area contributed by atoms with Crippen LogP contribution in [0.2, 0.25) is 0 Å². The van der Waals surface area contributed by atoms with Crippen LogP contribution < -0.4 is 4.74 Å². The third kappa shape index (κ3) is 3.19.